The second-order valence-corrected chi connectivity index (χ2v) is 7.01. The summed E-state index contributed by atoms with van der Waals surface area (Å²) in [6, 6.07) is 3.26. The Bertz CT molecular complexity index is 781. The number of aromatic nitrogens is 3. The molecule has 0 aliphatic carbocycles. The summed E-state index contributed by atoms with van der Waals surface area (Å²) >= 11 is 0. The fraction of sp³-hybridized carbons (Fsp3) is 0.417. The van der Waals surface area contributed by atoms with Crippen LogP contribution in [-0.2, 0) is 14.6 Å². The first-order valence-electron chi connectivity index (χ1n) is 6.13. The average molecular weight is 295 g/mol. The van der Waals surface area contributed by atoms with Crippen LogP contribution < -0.4 is 0 Å². The van der Waals surface area contributed by atoms with Gasteiger partial charge in [-0.2, -0.15) is 5.10 Å². The summed E-state index contributed by atoms with van der Waals surface area (Å²) in [5, 5.41) is 4.27. The SMILES string of the molecule is COC(=O)c1ccc2nc(C3CCS(=O)(=O)C3)nn2c1. The number of pyridine rings is 1. The van der Waals surface area contributed by atoms with Crippen LogP contribution in [0.1, 0.15) is 28.5 Å². The molecular weight excluding hydrogens is 282 g/mol. The Kier molecular flexibility index (Phi) is 2.97. The van der Waals surface area contributed by atoms with Crippen LogP contribution in [0.25, 0.3) is 5.65 Å². The number of sulfone groups is 1. The van der Waals surface area contributed by atoms with Gasteiger partial charge in [-0.15, -0.1) is 0 Å². The van der Waals surface area contributed by atoms with Crippen molar-refractivity contribution in [2.45, 2.75) is 12.3 Å². The predicted octanol–water partition coefficient (Wildman–Crippen LogP) is 0.418. The summed E-state index contributed by atoms with van der Waals surface area (Å²) in [4.78, 5) is 15.8. The van der Waals surface area contributed by atoms with Crippen molar-refractivity contribution in [1.29, 1.82) is 0 Å². The van der Waals surface area contributed by atoms with Crippen molar-refractivity contribution in [2.75, 3.05) is 18.6 Å². The summed E-state index contributed by atoms with van der Waals surface area (Å²) in [6.45, 7) is 0. The third kappa shape index (κ3) is 2.26. The van der Waals surface area contributed by atoms with Crippen molar-refractivity contribution in [3.05, 3.63) is 29.7 Å². The highest BCUT2D eigenvalue weighted by atomic mass is 32.2. The van der Waals surface area contributed by atoms with E-state index in [0.29, 0.717) is 23.5 Å². The second-order valence-electron chi connectivity index (χ2n) is 4.78. The predicted molar refractivity (Wildman–Crippen MR) is 70.3 cm³/mol. The molecule has 2 aromatic rings. The Hall–Kier alpha value is -1.96. The van der Waals surface area contributed by atoms with Crippen LogP contribution in [0.3, 0.4) is 0 Å². The number of hydrogen-bond donors (Lipinski definition) is 0. The summed E-state index contributed by atoms with van der Waals surface area (Å²) in [7, 11) is -1.66. The molecule has 3 rings (SSSR count). The Labute approximate surface area is 115 Å². The number of fused-ring (bicyclic) bond motifs is 1. The van der Waals surface area contributed by atoms with Gasteiger partial charge < -0.3 is 4.74 Å². The number of nitrogens with zero attached hydrogens (tertiary/aromatic N) is 3. The molecule has 0 spiro atoms. The first-order chi connectivity index (χ1) is 9.48. The van der Waals surface area contributed by atoms with E-state index in [2.05, 4.69) is 14.8 Å². The molecular formula is C12H13N3O4S. The van der Waals surface area contributed by atoms with Gasteiger partial charge in [0.1, 0.15) is 0 Å². The fourth-order valence-electron chi connectivity index (χ4n) is 2.31. The van der Waals surface area contributed by atoms with Gasteiger partial charge in [-0.1, -0.05) is 0 Å². The minimum Gasteiger partial charge on any atom is -0.465 e. The zero-order valence-electron chi connectivity index (χ0n) is 10.8. The van der Waals surface area contributed by atoms with Crippen molar-refractivity contribution < 1.29 is 17.9 Å². The van der Waals surface area contributed by atoms with Crippen LogP contribution in [0, 0.1) is 0 Å². The van der Waals surface area contributed by atoms with Crippen LogP contribution in [0.2, 0.25) is 0 Å². The van der Waals surface area contributed by atoms with Crippen LogP contribution in [0.5, 0.6) is 0 Å². The fourth-order valence-corrected chi connectivity index (χ4v) is 4.05. The topological polar surface area (TPSA) is 90.6 Å². The number of methoxy groups -OCH3 is 1. The van der Waals surface area contributed by atoms with Crippen molar-refractivity contribution in [1.82, 2.24) is 14.6 Å². The largest absolute Gasteiger partial charge is 0.465 e. The summed E-state index contributed by atoms with van der Waals surface area (Å²) in [5.41, 5.74) is 0.951. The summed E-state index contributed by atoms with van der Waals surface area (Å²) in [5.74, 6) is 0.163. The molecule has 2 aromatic heterocycles. The van der Waals surface area contributed by atoms with E-state index in [0.717, 1.165) is 0 Å². The van der Waals surface area contributed by atoms with E-state index in [1.54, 1.807) is 12.1 Å². The van der Waals surface area contributed by atoms with E-state index < -0.39 is 15.8 Å². The molecule has 0 aromatic carbocycles. The minimum absolute atomic E-state index is 0.0910. The van der Waals surface area contributed by atoms with Gasteiger partial charge in [0.25, 0.3) is 0 Å². The smallest absolute Gasteiger partial charge is 0.339 e. The highest BCUT2D eigenvalue weighted by molar-refractivity contribution is 7.91. The molecule has 1 atom stereocenters. The molecule has 106 valence electrons. The van der Waals surface area contributed by atoms with E-state index in [4.69, 9.17) is 0 Å². The number of hydrogen-bond acceptors (Lipinski definition) is 6. The molecule has 1 saturated heterocycles. The molecule has 0 N–H and O–H groups in total. The van der Waals surface area contributed by atoms with Crippen molar-refractivity contribution >= 4 is 21.5 Å². The lowest BCUT2D eigenvalue weighted by molar-refractivity contribution is 0.0600. The first-order valence-corrected chi connectivity index (χ1v) is 7.96. The molecule has 1 unspecified atom stereocenters. The van der Waals surface area contributed by atoms with Crippen LogP contribution >= 0.6 is 0 Å². The highest BCUT2D eigenvalue weighted by Gasteiger charge is 2.31. The lowest BCUT2D eigenvalue weighted by Gasteiger charge is -1.99. The summed E-state index contributed by atoms with van der Waals surface area (Å²) < 4.78 is 29.1. The van der Waals surface area contributed by atoms with Crippen molar-refractivity contribution in [3.63, 3.8) is 0 Å². The number of ether oxygens (including phenoxy) is 1. The second kappa shape index (κ2) is 4.55. The molecule has 7 nitrogen and oxygen atoms in total. The van der Waals surface area contributed by atoms with Crippen LogP contribution in [0.4, 0.5) is 0 Å². The standard InChI is InChI=1S/C12H13N3O4S/c1-19-12(16)8-2-3-10-13-11(14-15(10)6-8)9-4-5-20(17,18)7-9/h2-3,6,9H,4-5,7H2,1H3. The van der Waals surface area contributed by atoms with E-state index >= 15 is 0 Å². The molecule has 0 bridgehead atoms. The van der Waals surface area contributed by atoms with Gasteiger partial charge in [0, 0.05) is 12.1 Å². The first kappa shape index (κ1) is 13.0. The van der Waals surface area contributed by atoms with Gasteiger partial charge in [-0.25, -0.2) is 22.7 Å². The Morgan fingerprint density at radius 2 is 2.25 bits per heavy atom. The maximum Gasteiger partial charge on any atom is 0.339 e. The minimum atomic E-state index is -2.97. The normalized spacial score (nSPS) is 21.1. The van der Waals surface area contributed by atoms with Gasteiger partial charge >= 0.3 is 5.97 Å². The lowest BCUT2D eigenvalue weighted by atomic mass is 10.1. The number of rotatable bonds is 2. The van der Waals surface area contributed by atoms with Gasteiger partial charge in [0.05, 0.1) is 24.2 Å². The van der Waals surface area contributed by atoms with Crippen LogP contribution in [0.15, 0.2) is 18.3 Å². The number of carbonyl (C=O) groups is 1. The van der Waals surface area contributed by atoms with Gasteiger partial charge in [0.2, 0.25) is 0 Å². The number of carbonyl (C=O) groups excluding carboxylic acids is 1. The average Bonchev–Trinajstić information content (AvgIpc) is 2.99. The maximum absolute atomic E-state index is 11.5. The van der Waals surface area contributed by atoms with Gasteiger partial charge in [-0.3, -0.25) is 0 Å². The molecule has 1 aliphatic heterocycles. The monoisotopic (exact) mass is 295 g/mol. The van der Waals surface area contributed by atoms with E-state index in [1.165, 1.54) is 17.8 Å². The third-order valence-corrected chi connectivity index (χ3v) is 5.13. The van der Waals surface area contributed by atoms with Gasteiger partial charge in [-0.05, 0) is 18.6 Å². The van der Waals surface area contributed by atoms with Crippen molar-refractivity contribution in [3.8, 4) is 0 Å². The van der Waals surface area contributed by atoms with E-state index in [9.17, 15) is 13.2 Å². The highest BCUT2D eigenvalue weighted by Crippen LogP contribution is 2.26. The maximum atomic E-state index is 11.5. The lowest BCUT2D eigenvalue weighted by Crippen LogP contribution is -2.05. The Balaban J connectivity index is 1.97. The Morgan fingerprint density at radius 1 is 1.45 bits per heavy atom. The molecule has 3 heterocycles. The zero-order valence-corrected chi connectivity index (χ0v) is 11.6. The molecule has 0 radical (unpaired) electrons. The molecule has 8 heteroatoms. The molecule has 20 heavy (non-hydrogen) atoms. The van der Waals surface area contributed by atoms with E-state index in [-0.39, 0.29) is 17.4 Å². The van der Waals surface area contributed by atoms with E-state index in [1.807, 2.05) is 0 Å². The third-order valence-electron chi connectivity index (χ3n) is 3.37. The zero-order chi connectivity index (χ0) is 14.3. The quantitative estimate of drug-likeness (QED) is 0.746. The van der Waals surface area contributed by atoms with Crippen molar-refractivity contribution in [2.24, 2.45) is 0 Å². The molecule has 0 amide bonds. The van der Waals surface area contributed by atoms with Gasteiger partial charge in [0.15, 0.2) is 21.3 Å². The summed E-state index contributed by atoms with van der Waals surface area (Å²) in [6.07, 6.45) is 2.07. The van der Waals surface area contributed by atoms with Crippen LogP contribution in [-0.4, -0.2) is 47.6 Å². The Morgan fingerprint density at radius 3 is 2.90 bits per heavy atom. The molecule has 1 fully saturated rings. The number of esters is 1. The molecule has 1 aliphatic rings. The molecule has 0 saturated carbocycles.